The first-order chi connectivity index (χ1) is 7.10. The molecule has 15 heavy (non-hydrogen) atoms. The highest BCUT2D eigenvalue weighted by Crippen LogP contribution is 2.21. The van der Waals surface area contributed by atoms with Gasteiger partial charge in [-0.05, 0) is 12.3 Å². The largest absolute Gasteiger partial charge is 0.391 e. The van der Waals surface area contributed by atoms with Crippen LogP contribution in [0.4, 0.5) is 0 Å². The highest BCUT2D eigenvalue weighted by Gasteiger charge is 2.31. The molecule has 1 aliphatic heterocycles. The molecule has 1 saturated heterocycles. The van der Waals surface area contributed by atoms with E-state index in [1.165, 1.54) is 0 Å². The van der Waals surface area contributed by atoms with E-state index in [-0.39, 0.29) is 16.8 Å². The van der Waals surface area contributed by atoms with E-state index in [0.717, 1.165) is 25.8 Å². The van der Waals surface area contributed by atoms with E-state index in [1.54, 1.807) is 4.90 Å². The summed E-state index contributed by atoms with van der Waals surface area (Å²) in [6.45, 7) is 5.42. The number of hydrogen-bond acceptors (Lipinski definition) is 2. The summed E-state index contributed by atoms with van der Waals surface area (Å²) in [5, 5.41) is 9.96. The van der Waals surface area contributed by atoms with Crippen molar-refractivity contribution in [3.05, 3.63) is 0 Å². The van der Waals surface area contributed by atoms with Crippen LogP contribution in [-0.2, 0) is 4.79 Å². The van der Waals surface area contributed by atoms with Crippen molar-refractivity contribution >= 4 is 21.8 Å². The number of hydrogen-bond donors (Lipinski definition) is 1. The Bertz CT molecular complexity index is 219. The first-order valence-corrected chi connectivity index (χ1v) is 6.62. The van der Waals surface area contributed by atoms with E-state index < -0.39 is 0 Å². The van der Waals surface area contributed by atoms with Crippen molar-refractivity contribution in [3.8, 4) is 0 Å². The Hall–Kier alpha value is -0.0900. The van der Waals surface area contributed by atoms with Crippen LogP contribution in [0.25, 0.3) is 0 Å². The average Bonchev–Trinajstić information content (AvgIpc) is 2.52. The summed E-state index contributed by atoms with van der Waals surface area (Å²) in [5.41, 5.74) is 0. The van der Waals surface area contributed by atoms with Gasteiger partial charge in [-0.2, -0.15) is 0 Å². The second-order valence-corrected chi connectivity index (χ2v) is 5.29. The lowest BCUT2D eigenvalue weighted by Gasteiger charge is -2.25. The van der Waals surface area contributed by atoms with Gasteiger partial charge in [-0.3, -0.25) is 4.79 Å². The Balaban J connectivity index is 2.44. The molecular formula is C11H20BrNO2. The lowest BCUT2D eigenvalue weighted by Crippen LogP contribution is -2.38. The van der Waals surface area contributed by atoms with Crippen LogP contribution in [0.3, 0.4) is 0 Å². The van der Waals surface area contributed by atoms with Gasteiger partial charge in [0.05, 0.1) is 10.9 Å². The Kier molecular flexibility index (Phi) is 5.06. The fourth-order valence-electron chi connectivity index (χ4n) is 2.09. The zero-order valence-electron chi connectivity index (χ0n) is 9.45. The predicted molar refractivity (Wildman–Crippen MR) is 64.0 cm³/mol. The second kappa shape index (κ2) is 5.85. The average molecular weight is 278 g/mol. The molecule has 1 N–H and O–H groups in total. The number of aliphatic hydroxyl groups excluding tert-OH is 1. The summed E-state index contributed by atoms with van der Waals surface area (Å²) in [6.07, 6.45) is 2.42. The number of alkyl halides is 1. The first kappa shape index (κ1) is 13.0. The van der Waals surface area contributed by atoms with Gasteiger partial charge in [-0.1, -0.05) is 42.6 Å². The van der Waals surface area contributed by atoms with Gasteiger partial charge in [-0.25, -0.2) is 0 Å². The summed E-state index contributed by atoms with van der Waals surface area (Å²) in [5.74, 6) is 0.437. The van der Waals surface area contributed by atoms with Crippen LogP contribution in [0.5, 0.6) is 0 Å². The zero-order chi connectivity index (χ0) is 11.4. The lowest BCUT2D eigenvalue weighted by atomic mass is 9.96. The molecule has 0 aromatic carbocycles. The molecule has 1 aliphatic rings. The van der Waals surface area contributed by atoms with Gasteiger partial charge in [-0.15, -0.1) is 0 Å². The van der Waals surface area contributed by atoms with Gasteiger partial charge in [0, 0.05) is 13.1 Å². The Morgan fingerprint density at radius 1 is 1.53 bits per heavy atom. The molecule has 0 radical (unpaired) electrons. The Morgan fingerprint density at radius 2 is 2.13 bits per heavy atom. The molecule has 4 heteroatoms. The number of rotatable bonds is 5. The van der Waals surface area contributed by atoms with Crippen molar-refractivity contribution in [1.82, 2.24) is 4.90 Å². The maximum absolute atomic E-state index is 11.6. The summed E-state index contributed by atoms with van der Waals surface area (Å²) in [7, 11) is 0. The molecule has 1 amide bonds. The first-order valence-electron chi connectivity index (χ1n) is 5.71. The van der Waals surface area contributed by atoms with E-state index in [0.29, 0.717) is 12.5 Å². The van der Waals surface area contributed by atoms with Crippen LogP contribution in [-0.4, -0.2) is 39.9 Å². The monoisotopic (exact) mass is 277 g/mol. The number of nitrogens with zero attached hydrogens (tertiary/aromatic N) is 1. The minimum atomic E-state index is -0.373. The summed E-state index contributed by atoms with van der Waals surface area (Å²) < 4.78 is 0. The van der Waals surface area contributed by atoms with Gasteiger partial charge in [0.15, 0.2) is 0 Å². The van der Waals surface area contributed by atoms with Gasteiger partial charge in [0.2, 0.25) is 5.91 Å². The maximum atomic E-state index is 11.6. The van der Waals surface area contributed by atoms with Gasteiger partial charge < -0.3 is 10.0 Å². The quantitative estimate of drug-likeness (QED) is 0.779. The predicted octanol–water partition coefficient (Wildman–Crippen LogP) is 1.78. The molecule has 0 aromatic heterocycles. The Labute approximate surface area is 100.0 Å². The van der Waals surface area contributed by atoms with Gasteiger partial charge in [0.1, 0.15) is 0 Å². The third-order valence-electron chi connectivity index (χ3n) is 3.23. The highest BCUT2D eigenvalue weighted by molar-refractivity contribution is 9.10. The van der Waals surface area contributed by atoms with Crippen LogP contribution < -0.4 is 0 Å². The van der Waals surface area contributed by atoms with E-state index in [4.69, 9.17) is 0 Å². The molecule has 2 atom stereocenters. The smallest absolute Gasteiger partial charge is 0.236 e. The lowest BCUT2D eigenvalue weighted by molar-refractivity contribution is -0.128. The summed E-state index contributed by atoms with van der Waals surface area (Å²) >= 11 is 3.33. The van der Waals surface area contributed by atoms with Crippen molar-refractivity contribution in [2.24, 2.45) is 5.92 Å². The number of amides is 1. The molecule has 3 nitrogen and oxygen atoms in total. The molecule has 88 valence electrons. The van der Waals surface area contributed by atoms with E-state index in [1.807, 2.05) is 0 Å². The standard InChI is InChI=1S/C11H20BrNO2/c1-3-8(4-2)10(14)7-13-6-5-9(12)11(13)15/h8-10,14H,3-7H2,1-2H3. The topological polar surface area (TPSA) is 40.5 Å². The van der Waals surface area contributed by atoms with Crippen molar-refractivity contribution in [2.45, 2.75) is 44.0 Å². The van der Waals surface area contributed by atoms with Crippen LogP contribution in [0, 0.1) is 5.92 Å². The fourth-order valence-corrected chi connectivity index (χ4v) is 2.58. The van der Waals surface area contributed by atoms with Crippen LogP contribution >= 0.6 is 15.9 Å². The molecule has 2 unspecified atom stereocenters. The van der Waals surface area contributed by atoms with Crippen molar-refractivity contribution in [3.63, 3.8) is 0 Å². The number of carbonyl (C=O) groups excluding carboxylic acids is 1. The third kappa shape index (κ3) is 3.18. The molecule has 0 saturated carbocycles. The normalized spacial score (nSPS) is 23.9. The molecule has 0 spiro atoms. The third-order valence-corrected chi connectivity index (χ3v) is 4.08. The molecule has 0 aromatic rings. The van der Waals surface area contributed by atoms with Gasteiger partial charge >= 0.3 is 0 Å². The number of halogens is 1. The van der Waals surface area contributed by atoms with Crippen molar-refractivity contribution < 1.29 is 9.90 Å². The van der Waals surface area contributed by atoms with Crippen LogP contribution in [0.15, 0.2) is 0 Å². The molecule has 1 heterocycles. The number of β-amino-alcohol motifs (C(OH)–C–C–N with tert-alkyl or cyclic N) is 1. The maximum Gasteiger partial charge on any atom is 0.236 e. The molecular weight excluding hydrogens is 258 g/mol. The van der Waals surface area contributed by atoms with Crippen molar-refractivity contribution in [1.29, 1.82) is 0 Å². The summed E-state index contributed by atoms with van der Waals surface area (Å²) in [4.78, 5) is 13.3. The van der Waals surface area contributed by atoms with Gasteiger partial charge in [0.25, 0.3) is 0 Å². The zero-order valence-corrected chi connectivity index (χ0v) is 11.0. The molecule has 1 fully saturated rings. The molecule has 1 rings (SSSR count). The van der Waals surface area contributed by atoms with Crippen LogP contribution in [0.1, 0.15) is 33.1 Å². The fraction of sp³-hybridized carbons (Fsp3) is 0.909. The van der Waals surface area contributed by atoms with Crippen molar-refractivity contribution in [2.75, 3.05) is 13.1 Å². The van der Waals surface area contributed by atoms with E-state index in [2.05, 4.69) is 29.8 Å². The second-order valence-electron chi connectivity index (χ2n) is 4.18. The minimum absolute atomic E-state index is 0.0357. The summed E-state index contributed by atoms with van der Waals surface area (Å²) in [6, 6.07) is 0. The minimum Gasteiger partial charge on any atom is -0.391 e. The molecule has 0 bridgehead atoms. The van der Waals surface area contributed by atoms with E-state index in [9.17, 15) is 9.90 Å². The Morgan fingerprint density at radius 3 is 2.53 bits per heavy atom. The number of carbonyl (C=O) groups is 1. The van der Waals surface area contributed by atoms with Crippen LogP contribution in [0.2, 0.25) is 0 Å². The SMILES string of the molecule is CCC(CC)C(O)CN1CCC(Br)C1=O. The number of aliphatic hydroxyl groups is 1. The molecule has 0 aliphatic carbocycles. The number of likely N-dealkylation sites (tertiary alicyclic amines) is 1. The highest BCUT2D eigenvalue weighted by atomic mass is 79.9. The van der Waals surface area contributed by atoms with E-state index >= 15 is 0 Å².